The summed E-state index contributed by atoms with van der Waals surface area (Å²) in [6.45, 7) is 0. The van der Waals surface area contributed by atoms with Gasteiger partial charge in [0.15, 0.2) is 11.5 Å². The summed E-state index contributed by atoms with van der Waals surface area (Å²) >= 11 is 0. The van der Waals surface area contributed by atoms with Crippen molar-refractivity contribution < 1.29 is 38.8 Å². The van der Waals surface area contributed by atoms with Gasteiger partial charge in [0.2, 0.25) is 0 Å². The van der Waals surface area contributed by atoms with E-state index in [2.05, 4.69) is 10.3 Å². The van der Waals surface area contributed by atoms with Gasteiger partial charge in [-0.05, 0) is 42.5 Å². The van der Waals surface area contributed by atoms with Crippen LogP contribution in [0.3, 0.4) is 0 Å². The van der Waals surface area contributed by atoms with Gasteiger partial charge in [-0.15, -0.1) is 0 Å². The summed E-state index contributed by atoms with van der Waals surface area (Å²) in [6, 6.07) is 16.4. The fourth-order valence-electron chi connectivity index (χ4n) is 2.93. The number of carbonyl (C=O) groups is 2. The van der Waals surface area contributed by atoms with Crippen LogP contribution in [0, 0.1) is 0 Å². The number of phenolic OH excluding ortho intramolecular Hbond substituents is 1. The second-order valence-electron chi connectivity index (χ2n) is 6.69. The molecule has 1 aliphatic heterocycles. The van der Waals surface area contributed by atoms with E-state index in [1.807, 2.05) is 0 Å². The first kappa shape index (κ1) is 25.8. The Morgan fingerprint density at radius 2 is 1.65 bits per heavy atom. The number of likely N-dealkylation sites (N-methyl/N-ethyl adjacent to an activating group) is 1. The molecule has 12 heteroatoms. The van der Waals surface area contributed by atoms with Crippen LogP contribution in [0.2, 0.25) is 0 Å². The van der Waals surface area contributed by atoms with E-state index in [-0.39, 0.29) is 38.8 Å². The summed E-state index contributed by atoms with van der Waals surface area (Å²) < 4.78 is 25.8. The zero-order valence-electron chi connectivity index (χ0n) is 17.7. The maximum absolute atomic E-state index is 12.5. The number of hydrogen-bond donors (Lipinski definition) is 4. The predicted molar refractivity (Wildman–Crippen MR) is 122 cm³/mol. The number of aromatic carboxylic acids is 1. The van der Waals surface area contributed by atoms with E-state index < -0.39 is 27.7 Å². The Kier molecular flexibility index (Phi) is 7.95. The minimum Gasteiger partial charge on any atom is -0.508 e. The average molecular weight is 487 g/mol. The van der Waals surface area contributed by atoms with Crippen molar-refractivity contribution in [2.24, 2.45) is 0 Å². The number of amides is 1. The second kappa shape index (κ2) is 10.5. The molecule has 0 aliphatic carbocycles. The molecule has 1 aromatic heterocycles. The van der Waals surface area contributed by atoms with E-state index in [0.29, 0.717) is 0 Å². The number of sulfonamides is 1. The molecule has 11 nitrogen and oxygen atoms in total. The van der Waals surface area contributed by atoms with Gasteiger partial charge in [0, 0.05) is 18.8 Å². The van der Waals surface area contributed by atoms with Crippen molar-refractivity contribution in [2.75, 3.05) is 12.4 Å². The smallest absolute Gasteiger partial charge is 0.335 e. The number of hydrogen-bond acceptors (Lipinski definition) is 7. The number of phenols is 1. The molecule has 34 heavy (non-hydrogen) atoms. The minimum atomic E-state index is -3.91. The first-order valence-electron chi connectivity index (χ1n) is 9.39. The summed E-state index contributed by atoms with van der Waals surface area (Å²) in [7, 11) is -2.69. The average Bonchev–Trinajstić information content (AvgIpc) is 2.79. The summed E-state index contributed by atoms with van der Waals surface area (Å²) in [6.07, 6.45) is 1.49. The molecular formula is C22H21N3O8S. The summed E-state index contributed by atoms with van der Waals surface area (Å²) in [5.41, 5.74) is -0.161. The molecular weight excluding hydrogens is 466 g/mol. The van der Waals surface area contributed by atoms with Crippen LogP contribution < -0.4 is 5.32 Å². The van der Waals surface area contributed by atoms with Gasteiger partial charge in [-0.1, -0.05) is 24.3 Å². The van der Waals surface area contributed by atoms with Crippen LogP contribution in [0.1, 0.15) is 15.9 Å². The van der Waals surface area contributed by atoms with Crippen LogP contribution >= 0.6 is 0 Å². The molecule has 0 unspecified atom stereocenters. The number of aromatic nitrogens is 1. The lowest BCUT2D eigenvalue weighted by Gasteiger charge is -2.28. The number of aliphatic hydroxyl groups is 1. The molecule has 0 fully saturated rings. The maximum atomic E-state index is 12.5. The van der Waals surface area contributed by atoms with Gasteiger partial charge in [0.25, 0.3) is 15.9 Å². The van der Waals surface area contributed by atoms with Gasteiger partial charge in [-0.3, -0.25) is 9.10 Å². The van der Waals surface area contributed by atoms with E-state index in [0.717, 1.165) is 4.31 Å². The lowest BCUT2D eigenvalue weighted by atomic mass is 10.1. The molecule has 178 valence electrons. The Morgan fingerprint density at radius 3 is 2.24 bits per heavy atom. The SMILES string of the molecule is CN1C(C(=O)Nc2ccccn2)=C(O)c2ccccc2S1(=O)=O.O.O=C(O)c1cccc(O)c1. The normalized spacial score (nSPS) is 13.5. The van der Waals surface area contributed by atoms with Gasteiger partial charge in [0.05, 0.1) is 10.5 Å². The van der Waals surface area contributed by atoms with E-state index in [1.165, 1.54) is 49.6 Å². The molecule has 1 amide bonds. The Labute approximate surface area is 194 Å². The fourth-order valence-corrected chi connectivity index (χ4v) is 4.33. The molecule has 0 bridgehead atoms. The summed E-state index contributed by atoms with van der Waals surface area (Å²) in [5.74, 6) is -1.97. The van der Waals surface area contributed by atoms with E-state index in [4.69, 9.17) is 10.2 Å². The topological polar surface area (TPSA) is 189 Å². The molecule has 4 rings (SSSR count). The number of aromatic hydroxyl groups is 1. The Bertz CT molecular complexity index is 1340. The first-order valence-corrected chi connectivity index (χ1v) is 10.8. The van der Waals surface area contributed by atoms with E-state index >= 15 is 0 Å². The van der Waals surface area contributed by atoms with Crippen molar-refractivity contribution in [1.29, 1.82) is 0 Å². The van der Waals surface area contributed by atoms with Gasteiger partial charge >= 0.3 is 5.97 Å². The molecule has 0 spiro atoms. The van der Waals surface area contributed by atoms with Gasteiger partial charge < -0.3 is 26.1 Å². The molecule has 1 aliphatic rings. The lowest BCUT2D eigenvalue weighted by Crippen LogP contribution is -2.37. The number of benzene rings is 2. The number of nitrogens with one attached hydrogen (secondary N) is 1. The van der Waals surface area contributed by atoms with Crippen molar-refractivity contribution in [3.05, 3.63) is 89.8 Å². The number of anilines is 1. The summed E-state index contributed by atoms with van der Waals surface area (Å²) in [4.78, 5) is 26.5. The van der Waals surface area contributed by atoms with E-state index in [1.54, 1.807) is 30.3 Å². The maximum Gasteiger partial charge on any atom is 0.335 e. The summed E-state index contributed by atoms with van der Waals surface area (Å²) in [5, 5.41) is 30.0. The van der Waals surface area contributed by atoms with E-state index in [9.17, 15) is 23.1 Å². The third-order valence-electron chi connectivity index (χ3n) is 4.53. The van der Waals surface area contributed by atoms with Crippen molar-refractivity contribution >= 4 is 33.5 Å². The van der Waals surface area contributed by atoms with Crippen LogP contribution in [0.5, 0.6) is 5.75 Å². The Hall–Kier alpha value is -4.42. The Balaban J connectivity index is 0.000000314. The lowest BCUT2D eigenvalue weighted by molar-refractivity contribution is -0.113. The van der Waals surface area contributed by atoms with Crippen molar-refractivity contribution in [3.8, 4) is 5.75 Å². The molecule has 0 atom stereocenters. The molecule has 0 radical (unpaired) electrons. The Morgan fingerprint density at radius 1 is 0.971 bits per heavy atom. The van der Waals surface area contributed by atoms with Gasteiger partial charge in [0.1, 0.15) is 11.6 Å². The number of carboxylic acids is 1. The quantitative estimate of drug-likeness (QED) is 0.430. The van der Waals surface area contributed by atoms with Crippen LogP contribution in [0.25, 0.3) is 5.76 Å². The number of rotatable bonds is 3. The van der Waals surface area contributed by atoms with Gasteiger partial charge in [-0.25, -0.2) is 18.2 Å². The number of carboxylic acid groups (broad SMARTS) is 1. The second-order valence-corrected chi connectivity index (χ2v) is 8.63. The number of carbonyl (C=O) groups excluding carboxylic acids is 1. The molecule has 3 aromatic rings. The van der Waals surface area contributed by atoms with Crippen LogP contribution in [0.15, 0.2) is 83.5 Å². The number of pyridine rings is 1. The zero-order valence-corrected chi connectivity index (χ0v) is 18.5. The highest BCUT2D eigenvalue weighted by Crippen LogP contribution is 2.34. The monoisotopic (exact) mass is 487 g/mol. The molecule has 0 saturated heterocycles. The predicted octanol–water partition coefficient (Wildman–Crippen LogP) is 1.85. The van der Waals surface area contributed by atoms with Crippen LogP contribution in [0.4, 0.5) is 5.82 Å². The highest BCUT2D eigenvalue weighted by molar-refractivity contribution is 7.89. The number of nitrogens with zero attached hydrogens (tertiary/aromatic N) is 2. The third kappa shape index (κ3) is 5.31. The van der Waals surface area contributed by atoms with Crippen molar-refractivity contribution in [2.45, 2.75) is 4.90 Å². The van der Waals surface area contributed by atoms with Crippen LogP contribution in [-0.4, -0.2) is 57.4 Å². The number of aliphatic hydroxyl groups excluding tert-OH is 1. The standard InChI is InChI=1S/C15H13N3O4S.C7H6O3.H2O/c1-18-13(15(20)17-12-8-4-5-9-16-12)14(19)10-6-2-3-7-11(10)23(18,21)22;8-6-3-1-2-5(4-6)7(9)10;/h2-9,19H,1H3,(H,16,17,20);1-4,8H,(H,9,10);1H2. The number of fused-ring (bicyclic) bond motifs is 1. The molecule has 6 N–H and O–H groups in total. The van der Waals surface area contributed by atoms with Gasteiger partial charge in [-0.2, -0.15) is 0 Å². The molecule has 2 heterocycles. The minimum absolute atomic E-state index is 0. The molecule has 2 aromatic carbocycles. The third-order valence-corrected chi connectivity index (χ3v) is 6.35. The highest BCUT2D eigenvalue weighted by Gasteiger charge is 2.37. The first-order chi connectivity index (χ1) is 15.6. The largest absolute Gasteiger partial charge is 0.508 e. The van der Waals surface area contributed by atoms with Crippen LogP contribution in [-0.2, 0) is 14.8 Å². The zero-order chi connectivity index (χ0) is 24.2. The highest BCUT2D eigenvalue weighted by atomic mass is 32.2. The van der Waals surface area contributed by atoms with Crippen molar-refractivity contribution in [1.82, 2.24) is 9.29 Å². The fraction of sp³-hybridized carbons (Fsp3) is 0.0455. The molecule has 0 saturated carbocycles. The van der Waals surface area contributed by atoms with Crippen molar-refractivity contribution in [3.63, 3.8) is 0 Å².